The summed E-state index contributed by atoms with van der Waals surface area (Å²) >= 11 is 0. The number of rotatable bonds is 4. The Balaban J connectivity index is 2.06. The van der Waals surface area contributed by atoms with Crippen LogP contribution in [0, 0.1) is 0 Å². The van der Waals surface area contributed by atoms with Gasteiger partial charge in [-0.2, -0.15) is 0 Å². The van der Waals surface area contributed by atoms with Crippen LogP contribution in [0.1, 0.15) is 18.6 Å². The van der Waals surface area contributed by atoms with E-state index in [-0.39, 0.29) is 5.78 Å². The summed E-state index contributed by atoms with van der Waals surface area (Å²) < 4.78 is 15.9. The molecule has 0 unspecified atom stereocenters. The molecule has 1 saturated heterocycles. The Morgan fingerprint density at radius 2 is 2.25 bits per heavy atom. The molecule has 2 rings (SSSR count). The van der Waals surface area contributed by atoms with Crippen LogP contribution in [0.3, 0.4) is 0 Å². The number of Topliss-reactive ketones (excluding diaryl/α,β-unsaturated/α-hetero) is 1. The van der Waals surface area contributed by atoms with Crippen molar-refractivity contribution in [1.29, 1.82) is 0 Å². The molecule has 0 spiro atoms. The summed E-state index contributed by atoms with van der Waals surface area (Å²) in [6.45, 7) is 1.16. The Morgan fingerprint density at radius 1 is 1.50 bits per heavy atom. The van der Waals surface area contributed by atoms with Crippen molar-refractivity contribution in [2.75, 3.05) is 20.3 Å². The molecule has 1 aliphatic heterocycles. The van der Waals surface area contributed by atoms with E-state index in [9.17, 15) is 4.79 Å². The first-order chi connectivity index (χ1) is 7.77. The van der Waals surface area contributed by atoms with E-state index < -0.39 is 5.60 Å². The standard InChI is InChI=1S/C12H16O4/c1-14-12(4-7-15-8-5-12)11(13)9-10-3-2-6-16-10/h2-3,6H,4-5,7-9H2,1H3. The number of furan rings is 1. The lowest BCUT2D eigenvalue weighted by atomic mass is 9.87. The summed E-state index contributed by atoms with van der Waals surface area (Å²) in [6.07, 6.45) is 3.12. The average Bonchev–Trinajstić information content (AvgIpc) is 2.82. The van der Waals surface area contributed by atoms with E-state index in [2.05, 4.69) is 0 Å². The van der Waals surface area contributed by atoms with Crippen molar-refractivity contribution in [3.63, 3.8) is 0 Å². The second-order valence-electron chi connectivity index (χ2n) is 3.99. The number of hydrogen-bond donors (Lipinski definition) is 0. The van der Waals surface area contributed by atoms with E-state index in [4.69, 9.17) is 13.9 Å². The van der Waals surface area contributed by atoms with Gasteiger partial charge in [0.05, 0.1) is 12.7 Å². The second-order valence-corrected chi connectivity index (χ2v) is 3.99. The second kappa shape index (κ2) is 4.80. The molecule has 0 radical (unpaired) electrons. The quantitative estimate of drug-likeness (QED) is 0.779. The van der Waals surface area contributed by atoms with Gasteiger partial charge in [-0.15, -0.1) is 0 Å². The topological polar surface area (TPSA) is 48.7 Å². The van der Waals surface area contributed by atoms with Crippen molar-refractivity contribution in [3.05, 3.63) is 24.2 Å². The molecule has 1 aromatic heterocycles. The summed E-state index contributed by atoms with van der Waals surface area (Å²) in [4.78, 5) is 12.2. The number of ketones is 1. The van der Waals surface area contributed by atoms with E-state index in [0.29, 0.717) is 38.2 Å². The Hall–Kier alpha value is -1.13. The molecule has 2 heterocycles. The number of carbonyl (C=O) groups is 1. The Labute approximate surface area is 94.5 Å². The molecule has 0 atom stereocenters. The van der Waals surface area contributed by atoms with Gasteiger partial charge in [0.2, 0.25) is 0 Å². The first kappa shape index (κ1) is 11.4. The molecule has 0 aliphatic carbocycles. The van der Waals surface area contributed by atoms with Crippen LogP contribution in [0.2, 0.25) is 0 Å². The maximum atomic E-state index is 12.2. The number of methoxy groups -OCH3 is 1. The van der Waals surface area contributed by atoms with Gasteiger partial charge in [0.15, 0.2) is 5.78 Å². The minimum Gasteiger partial charge on any atom is -0.469 e. The molecule has 88 valence electrons. The van der Waals surface area contributed by atoms with Gasteiger partial charge in [-0.05, 0) is 12.1 Å². The van der Waals surface area contributed by atoms with E-state index in [1.165, 1.54) is 0 Å². The van der Waals surface area contributed by atoms with Crippen LogP contribution in [0.25, 0.3) is 0 Å². The van der Waals surface area contributed by atoms with E-state index >= 15 is 0 Å². The maximum Gasteiger partial charge on any atom is 0.172 e. The monoisotopic (exact) mass is 224 g/mol. The largest absolute Gasteiger partial charge is 0.469 e. The number of ether oxygens (including phenoxy) is 2. The van der Waals surface area contributed by atoms with Crippen LogP contribution in [-0.2, 0) is 20.7 Å². The fourth-order valence-corrected chi connectivity index (χ4v) is 2.03. The highest BCUT2D eigenvalue weighted by Crippen LogP contribution is 2.27. The third kappa shape index (κ3) is 2.18. The summed E-state index contributed by atoms with van der Waals surface area (Å²) in [5.74, 6) is 0.765. The van der Waals surface area contributed by atoms with Gasteiger partial charge in [0.25, 0.3) is 0 Å². The van der Waals surface area contributed by atoms with Crippen molar-refractivity contribution in [1.82, 2.24) is 0 Å². The fraction of sp³-hybridized carbons (Fsp3) is 0.583. The lowest BCUT2D eigenvalue weighted by molar-refractivity contribution is -0.152. The molecule has 0 aromatic carbocycles. The van der Waals surface area contributed by atoms with Crippen LogP contribution in [0.4, 0.5) is 0 Å². The molecule has 16 heavy (non-hydrogen) atoms. The Morgan fingerprint density at radius 3 is 2.81 bits per heavy atom. The molecular weight excluding hydrogens is 208 g/mol. The highest BCUT2D eigenvalue weighted by molar-refractivity contribution is 5.88. The molecule has 0 bridgehead atoms. The first-order valence-corrected chi connectivity index (χ1v) is 5.45. The molecule has 0 amide bonds. The smallest absolute Gasteiger partial charge is 0.172 e. The van der Waals surface area contributed by atoms with E-state index in [0.717, 1.165) is 0 Å². The molecule has 4 nitrogen and oxygen atoms in total. The van der Waals surface area contributed by atoms with Gasteiger partial charge < -0.3 is 13.9 Å². The van der Waals surface area contributed by atoms with E-state index in [1.807, 2.05) is 0 Å². The van der Waals surface area contributed by atoms with Crippen molar-refractivity contribution >= 4 is 5.78 Å². The van der Waals surface area contributed by atoms with Crippen LogP contribution in [0.15, 0.2) is 22.8 Å². The summed E-state index contributed by atoms with van der Waals surface area (Å²) in [6, 6.07) is 3.59. The van der Waals surface area contributed by atoms with Gasteiger partial charge >= 0.3 is 0 Å². The Bertz CT molecular complexity index is 336. The van der Waals surface area contributed by atoms with Gasteiger partial charge in [0, 0.05) is 33.2 Å². The third-order valence-electron chi connectivity index (χ3n) is 3.11. The molecule has 4 heteroatoms. The third-order valence-corrected chi connectivity index (χ3v) is 3.11. The van der Waals surface area contributed by atoms with Crippen LogP contribution >= 0.6 is 0 Å². The highest BCUT2D eigenvalue weighted by atomic mass is 16.5. The maximum absolute atomic E-state index is 12.2. The molecule has 1 aliphatic rings. The fourth-order valence-electron chi connectivity index (χ4n) is 2.03. The van der Waals surface area contributed by atoms with Gasteiger partial charge in [-0.1, -0.05) is 0 Å². The SMILES string of the molecule is COC1(C(=O)Cc2ccco2)CCOCC1. The minimum absolute atomic E-state index is 0.0771. The summed E-state index contributed by atoms with van der Waals surface area (Å²) in [5.41, 5.74) is -0.676. The zero-order valence-electron chi connectivity index (χ0n) is 9.40. The predicted molar refractivity (Wildman–Crippen MR) is 57.2 cm³/mol. The molecule has 1 fully saturated rings. The van der Waals surface area contributed by atoms with E-state index in [1.54, 1.807) is 25.5 Å². The molecule has 0 saturated carbocycles. The molecule has 1 aromatic rings. The summed E-state index contributed by atoms with van der Waals surface area (Å²) in [5, 5.41) is 0. The number of carbonyl (C=O) groups excluding carboxylic acids is 1. The zero-order valence-corrected chi connectivity index (χ0v) is 9.40. The van der Waals surface area contributed by atoms with Gasteiger partial charge in [0.1, 0.15) is 11.4 Å². The summed E-state index contributed by atoms with van der Waals surface area (Å²) in [7, 11) is 1.59. The molecule has 0 N–H and O–H groups in total. The minimum atomic E-state index is -0.676. The van der Waals surface area contributed by atoms with Crippen molar-refractivity contribution in [2.45, 2.75) is 24.9 Å². The van der Waals surface area contributed by atoms with Crippen LogP contribution in [-0.4, -0.2) is 31.7 Å². The number of hydrogen-bond acceptors (Lipinski definition) is 4. The highest BCUT2D eigenvalue weighted by Gasteiger charge is 2.39. The van der Waals surface area contributed by atoms with Crippen molar-refractivity contribution in [2.24, 2.45) is 0 Å². The van der Waals surface area contributed by atoms with Gasteiger partial charge in [-0.25, -0.2) is 0 Å². The zero-order chi connectivity index (χ0) is 11.4. The molecular formula is C12H16O4. The van der Waals surface area contributed by atoms with Crippen LogP contribution in [0.5, 0.6) is 0 Å². The first-order valence-electron chi connectivity index (χ1n) is 5.45. The normalized spacial score (nSPS) is 19.6. The average molecular weight is 224 g/mol. The Kier molecular flexibility index (Phi) is 3.41. The van der Waals surface area contributed by atoms with Gasteiger partial charge in [-0.3, -0.25) is 4.79 Å². The van der Waals surface area contributed by atoms with Crippen LogP contribution < -0.4 is 0 Å². The van der Waals surface area contributed by atoms with Crippen molar-refractivity contribution in [3.8, 4) is 0 Å². The lowest BCUT2D eigenvalue weighted by Crippen LogP contribution is -2.46. The predicted octanol–water partition coefficient (Wildman–Crippen LogP) is 1.59. The van der Waals surface area contributed by atoms with Crippen molar-refractivity contribution < 1.29 is 18.7 Å². The lowest BCUT2D eigenvalue weighted by Gasteiger charge is -2.34.